The number of nitrogens with one attached hydrogen (secondary N) is 1. The lowest BCUT2D eigenvalue weighted by atomic mass is 9.97. The minimum absolute atomic E-state index is 0.128. The summed E-state index contributed by atoms with van der Waals surface area (Å²) in [5.41, 5.74) is 4.40. The molecular weight excluding hydrogens is 352 g/mol. The van der Waals surface area contributed by atoms with Gasteiger partial charge in [0.25, 0.3) is 5.91 Å². The van der Waals surface area contributed by atoms with Gasteiger partial charge in [-0.1, -0.05) is 60.7 Å². The fraction of sp³-hybridized carbons (Fsp3) is 0.182. The molecule has 2 aromatic rings. The van der Waals surface area contributed by atoms with Gasteiger partial charge in [0.1, 0.15) is 5.71 Å². The van der Waals surface area contributed by atoms with E-state index < -0.39 is 0 Å². The minimum atomic E-state index is -0.197. The molecule has 0 aliphatic carbocycles. The standard InChI is InChI=1S/C22H20N4O2/c1-14(23-15(2)27)13-26-21(17-11-7-4-8-12-17)18-19(16-9-5-3-6-10-16)24-25-20(18)22(26)28/h3-12,14H,13H2,1-2H3,(H,23,27). The summed E-state index contributed by atoms with van der Waals surface area (Å²) < 4.78 is 0. The summed E-state index contributed by atoms with van der Waals surface area (Å²) in [5, 5.41) is 11.4. The predicted octanol–water partition coefficient (Wildman–Crippen LogP) is 2.62. The molecule has 28 heavy (non-hydrogen) atoms. The van der Waals surface area contributed by atoms with Crippen LogP contribution in [-0.2, 0) is 9.59 Å². The highest BCUT2D eigenvalue weighted by Gasteiger charge is 2.42. The van der Waals surface area contributed by atoms with Crippen molar-refractivity contribution in [1.82, 2.24) is 10.2 Å². The number of rotatable bonds is 5. The first-order chi connectivity index (χ1) is 13.6. The van der Waals surface area contributed by atoms with Crippen LogP contribution in [0.25, 0.3) is 5.70 Å². The van der Waals surface area contributed by atoms with Crippen molar-refractivity contribution in [3.05, 3.63) is 77.4 Å². The fourth-order valence-electron chi connectivity index (χ4n) is 3.59. The van der Waals surface area contributed by atoms with Crippen LogP contribution in [0, 0.1) is 0 Å². The summed E-state index contributed by atoms with van der Waals surface area (Å²) in [5.74, 6) is -0.321. The normalized spacial score (nSPS) is 16.6. The zero-order valence-electron chi connectivity index (χ0n) is 15.7. The molecule has 0 radical (unpaired) electrons. The number of fused-ring (bicyclic) bond motifs is 1. The van der Waals surface area contributed by atoms with Crippen molar-refractivity contribution < 1.29 is 9.59 Å². The van der Waals surface area contributed by atoms with E-state index in [9.17, 15) is 9.59 Å². The van der Waals surface area contributed by atoms with Gasteiger partial charge in [-0.05, 0) is 12.5 Å². The molecule has 2 amide bonds. The van der Waals surface area contributed by atoms with Crippen LogP contribution in [-0.4, -0.2) is 40.7 Å². The average molecular weight is 372 g/mol. The second kappa shape index (κ2) is 7.23. The van der Waals surface area contributed by atoms with Crippen molar-refractivity contribution in [2.45, 2.75) is 19.9 Å². The molecular formula is C22H20N4O2. The Bertz CT molecular complexity index is 1020. The van der Waals surface area contributed by atoms with Gasteiger partial charge < -0.3 is 10.2 Å². The number of carbonyl (C=O) groups excluding carboxylic acids is 2. The molecule has 140 valence electrons. The highest BCUT2D eigenvalue weighted by Crippen LogP contribution is 2.36. The van der Waals surface area contributed by atoms with Crippen molar-refractivity contribution in [2.24, 2.45) is 10.2 Å². The maximum Gasteiger partial charge on any atom is 0.279 e. The van der Waals surface area contributed by atoms with Gasteiger partial charge in [0.05, 0.1) is 11.3 Å². The molecule has 0 aromatic heterocycles. The van der Waals surface area contributed by atoms with Crippen molar-refractivity contribution in [3.8, 4) is 0 Å². The number of hydrogen-bond donors (Lipinski definition) is 1. The van der Waals surface area contributed by atoms with Crippen molar-refractivity contribution >= 4 is 28.9 Å². The monoisotopic (exact) mass is 372 g/mol. The number of carbonyl (C=O) groups is 2. The van der Waals surface area contributed by atoms with Crippen LogP contribution >= 0.6 is 0 Å². The summed E-state index contributed by atoms with van der Waals surface area (Å²) in [6, 6.07) is 19.3. The van der Waals surface area contributed by atoms with Crippen molar-refractivity contribution in [1.29, 1.82) is 0 Å². The maximum atomic E-state index is 13.1. The van der Waals surface area contributed by atoms with Crippen molar-refractivity contribution in [2.75, 3.05) is 6.54 Å². The Labute approximate surface area is 163 Å². The van der Waals surface area contributed by atoms with Crippen LogP contribution in [0.1, 0.15) is 25.0 Å². The molecule has 0 bridgehead atoms. The van der Waals surface area contributed by atoms with Gasteiger partial charge in [0.15, 0.2) is 5.71 Å². The zero-order valence-corrected chi connectivity index (χ0v) is 15.7. The Hall–Kier alpha value is -3.54. The van der Waals surface area contributed by atoms with Gasteiger partial charge in [-0.15, -0.1) is 10.2 Å². The summed E-state index contributed by atoms with van der Waals surface area (Å²) in [4.78, 5) is 26.3. The molecule has 2 aromatic carbocycles. The number of hydrogen-bond acceptors (Lipinski definition) is 4. The van der Waals surface area contributed by atoms with E-state index in [2.05, 4.69) is 15.5 Å². The Balaban J connectivity index is 1.82. The zero-order chi connectivity index (χ0) is 19.7. The summed E-state index contributed by atoms with van der Waals surface area (Å²) in [7, 11) is 0. The van der Waals surface area contributed by atoms with Crippen LogP contribution in [0.5, 0.6) is 0 Å². The van der Waals surface area contributed by atoms with Gasteiger partial charge >= 0.3 is 0 Å². The van der Waals surface area contributed by atoms with Crippen LogP contribution in [0.4, 0.5) is 0 Å². The first kappa shape index (κ1) is 17.9. The van der Waals surface area contributed by atoms with E-state index in [0.717, 1.165) is 22.4 Å². The highest BCUT2D eigenvalue weighted by molar-refractivity contribution is 6.60. The second-order valence-electron chi connectivity index (χ2n) is 6.87. The predicted molar refractivity (Wildman–Crippen MR) is 109 cm³/mol. The third kappa shape index (κ3) is 3.13. The van der Waals surface area contributed by atoms with E-state index in [1.165, 1.54) is 6.92 Å². The third-order valence-corrected chi connectivity index (χ3v) is 4.68. The van der Waals surface area contributed by atoms with Crippen LogP contribution in [0.15, 0.2) is 76.4 Å². The minimum Gasteiger partial charge on any atom is -0.352 e. The number of amides is 2. The summed E-state index contributed by atoms with van der Waals surface area (Å²) in [6.45, 7) is 3.70. The summed E-state index contributed by atoms with van der Waals surface area (Å²) >= 11 is 0. The topological polar surface area (TPSA) is 74.1 Å². The fourth-order valence-corrected chi connectivity index (χ4v) is 3.59. The van der Waals surface area contributed by atoms with Gasteiger partial charge in [-0.25, -0.2) is 0 Å². The smallest absolute Gasteiger partial charge is 0.279 e. The average Bonchev–Trinajstić information content (AvgIpc) is 3.22. The molecule has 2 heterocycles. The van der Waals surface area contributed by atoms with E-state index in [-0.39, 0.29) is 17.9 Å². The molecule has 2 aliphatic heterocycles. The molecule has 1 N–H and O–H groups in total. The first-order valence-corrected chi connectivity index (χ1v) is 9.16. The van der Waals surface area contributed by atoms with Crippen molar-refractivity contribution in [3.63, 3.8) is 0 Å². The maximum absolute atomic E-state index is 13.1. The third-order valence-electron chi connectivity index (χ3n) is 4.68. The van der Waals surface area contributed by atoms with E-state index in [1.807, 2.05) is 67.6 Å². The Morgan fingerprint density at radius 3 is 2.14 bits per heavy atom. The Morgan fingerprint density at radius 1 is 0.964 bits per heavy atom. The Morgan fingerprint density at radius 2 is 1.54 bits per heavy atom. The van der Waals surface area contributed by atoms with Gasteiger partial charge in [0, 0.05) is 25.1 Å². The van der Waals surface area contributed by atoms with Gasteiger partial charge in [-0.2, -0.15) is 0 Å². The number of nitrogens with zero attached hydrogens (tertiary/aromatic N) is 3. The molecule has 4 rings (SSSR count). The number of benzene rings is 2. The molecule has 2 aliphatic rings. The molecule has 0 saturated carbocycles. The molecule has 0 saturated heterocycles. The van der Waals surface area contributed by atoms with Gasteiger partial charge in [-0.3, -0.25) is 9.59 Å². The molecule has 1 unspecified atom stereocenters. The SMILES string of the molecule is CC(=O)NC(C)CN1C(=O)C2=NN=C(c3ccccc3)C2=C1c1ccccc1. The van der Waals surface area contributed by atoms with E-state index in [1.54, 1.807) is 4.90 Å². The molecule has 6 heteroatoms. The molecule has 0 fully saturated rings. The molecule has 0 spiro atoms. The van der Waals surface area contributed by atoms with E-state index in [0.29, 0.717) is 18.0 Å². The summed E-state index contributed by atoms with van der Waals surface area (Å²) in [6.07, 6.45) is 0. The largest absolute Gasteiger partial charge is 0.352 e. The van der Waals surface area contributed by atoms with Crippen LogP contribution in [0.2, 0.25) is 0 Å². The van der Waals surface area contributed by atoms with Gasteiger partial charge in [0.2, 0.25) is 5.91 Å². The second-order valence-corrected chi connectivity index (χ2v) is 6.87. The van der Waals surface area contributed by atoms with E-state index >= 15 is 0 Å². The van der Waals surface area contributed by atoms with Crippen LogP contribution in [0.3, 0.4) is 0 Å². The van der Waals surface area contributed by atoms with Crippen LogP contribution < -0.4 is 5.32 Å². The lowest BCUT2D eigenvalue weighted by Crippen LogP contribution is -2.42. The first-order valence-electron chi connectivity index (χ1n) is 9.16. The van der Waals surface area contributed by atoms with E-state index in [4.69, 9.17) is 0 Å². The quantitative estimate of drug-likeness (QED) is 0.876. The lowest BCUT2D eigenvalue weighted by Gasteiger charge is -2.25. The molecule has 6 nitrogen and oxygen atoms in total. The lowest BCUT2D eigenvalue weighted by molar-refractivity contribution is -0.122. The highest BCUT2D eigenvalue weighted by atomic mass is 16.2. The Kier molecular flexibility index (Phi) is 4.61. The molecule has 1 atom stereocenters.